The molecule has 1 atom stereocenters. The molecule has 23 heavy (non-hydrogen) atoms. The van der Waals surface area contributed by atoms with E-state index in [9.17, 15) is 13.2 Å². The smallest absolute Gasteiger partial charge is 0.227 e. The van der Waals surface area contributed by atoms with Gasteiger partial charge in [-0.1, -0.05) is 12.1 Å². The van der Waals surface area contributed by atoms with Crippen LogP contribution in [0, 0.1) is 12.8 Å². The number of nitrogens with two attached hydrogens (primary N) is 1. The minimum atomic E-state index is -3.57. The van der Waals surface area contributed by atoms with Crippen molar-refractivity contribution in [2.24, 2.45) is 11.1 Å². The van der Waals surface area contributed by atoms with Gasteiger partial charge in [-0.05, 0) is 19.1 Å². The summed E-state index contributed by atoms with van der Waals surface area (Å²) in [6.45, 7) is 2.31. The number of hydrogen-bond acceptors (Lipinski definition) is 5. The topological polar surface area (TPSA) is 93.4 Å². The Hall–Kier alpha value is -1.77. The number of aryl methyl sites for hydroxylation is 1. The lowest BCUT2D eigenvalue weighted by Gasteiger charge is -2.17. The third-order valence-electron chi connectivity index (χ3n) is 3.75. The summed E-state index contributed by atoms with van der Waals surface area (Å²) >= 11 is 1.57. The largest absolute Gasteiger partial charge is 0.312 e. The van der Waals surface area contributed by atoms with Crippen LogP contribution in [0.5, 0.6) is 0 Å². The van der Waals surface area contributed by atoms with Crippen LogP contribution in [0.1, 0.15) is 11.4 Å². The Morgan fingerprint density at radius 1 is 1.43 bits per heavy atom. The summed E-state index contributed by atoms with van der Waals surface area (Å²) in [5, 5.41) is 8.04. The van der Waals surface area contributed by atoms with E-state index in [1.165, 1.54) is 0 Å². The maximum absolute atomic E-state index is 12.2. The maximum Gasteiger partial charge on any atom is 0.227 e. The molecular formula is C15H17N3O3S2. The first-order valence-electron chi connectivity index (χ1n) is 7.15. The van der Waals surface area contributed by atoms with E-state index in [1.807, 2.05) is 36.6 Å². The molecule has 0 aliphatic carbocycles. The fourth-order valence-electron chi connectivity index (χ4n) is 2.80. The first-order valence-corrected chi connectivity index (χ1v) is 9.75. The summed E-state index contributed by atoms with van der Waals surface area (Å²) in [5.74, 6) is -0.506. The lowest BCUT2D eigenvalue weighted by atomic mass is 10.1. The number of carbonyl (C=O) groups excluding carboxylic acids is 1. The zero-order chi connectivity index (χ0) is 16.6. The molecule has 1 unspecified atom stereocenters. The molecule has 6 nitrogen and oxygen atoms in total. The normalized spacial score (nSPS) is 18.6. The highest BCUT2D eigenvalue weighted by Crippen LogP contribution is 2.30. The molecular weight excluding hydrogens is 334 g/mol. The molecule has 3 rings (SSSR count). The highest BCUT2D eigenvalue weighted by atomic mass is 32.2. The average Bonchev–Trinajstić information content (AvgIpc) is 3.03. The quantitative estimate of drug-likeness (QED) is 0.908. The van der Waals surface area contributed by atoms with Crippen LogP contribution in [-0.2, 0) is 14.8 Å². The second-order valence-electron chi connectivity index (χ2n) is 5.71. The zero-order valence-corrected chi connectivity index (χ0v) is 14.2. The number of nitrogens with zero attached hydrogens (tertiary/aromatic N) is 2. The van der Waals surface area contributed by atoms with Crippen molar-refractivity contribution in [2.45, 2.75) is 13.3 Å². The second kappa shape index (κ2) is 6.03. The average molecular weight is 351 g/mol. The van der Waals surface area contributed by atoms with Crippen LogP contribution in [0.15, 0.2) is 29.6 Å². The van der Waals surface area contributed by atoms with Gasteiger partial charge in [0.1, 0.15) is 0 Å². The van der Waals surface area contributed by atoms with Gasteiger partial charge in [-0.25, -0.2) is 18.5 Å². The summed E-state index contributed by atoms with van der Waals surface area (Å²) in [7, 11) is -3.57. The van der Waals surface area contributed by atoms with E-state index in [-0.39, 0.29) is 24.0 Å². The van der Waals surface area contributed by atoms with Crippen molar-refractivity contribution in [3.63, 3.8) is 0 Å². The standard InChI is InChI=1S/C15H17N3O3S2/c1-10-17-14(8-22-10)12-3-2-4-13(6-12)18-7-11(5-15(18)19)9-23(16,20)21/h2-4,6,8,11H,5,7,9H2,1H3,(H2,16,20,21). The number of anilines is 1. The van der Waals surface area contributed by atoms with Crippen LogP contribution in [-0.4, -0.2) is 31.6 Å². The van der Waals surface area contributed by atoms with Gasteiger partial charge in [0.15, 0.2) is 0 Å². The molecule has 8 heteroatoms. The molecule has 1 aromatic heterocycles. The minimum absolute atomic E-state index is 0.0785. The highest BCUT2D eigenvalue weighted by molar-refractivity contribution is 7.89. The van der Waals surface area contributed by atoms with E-state index < -0.39 is 10.0 Å². The number of aromatic nitrogens is 1. The Morgan fingerprint density at radius 2 is 2.22 bits per heavy atom. The zero-order valence-electron chi connectivity index (χ0n) is 12.6. The summed E-state index contributed by atoms with van der Waals surface area (Å²) in [4.78, 5) is 18.3. The first kappa shape index (κ1) is 16.1. The Labute approximate surface area is 139 Å². The number of sulfonamides is 1. The minimum Gasteiger partial charge on any atom is -0.312 e. The molecule has 0 saturated carbocycles. The molecule has 0 bridgehead atoms. The number of primary sulfonamides is 1. The number of rotatable bonds is 4. The molecule has 1 aromatic carbocycles. The van der Waals surface area contributed by atoms with Gasteiger partial charge >= 0.3 is 0 Å². The SMILES string of the molecule is Cc1nc(-c2cccc(N3CC(CS(N)(=O)=O)CC3=O)c2)cs1. The third-order valence-corrected chi connectivity index (χ3v) is 5.46. The van der Waals surface area contributed by atoms with Crippen LogP contribution in [0.4, 0.5) is 5.69 Å². The van der Waals surface area contributed by atoms with Crippen molar-refractivity contribution in [1.29, 1.82) is 0 Å². The summed E-state index contributed by atoms with van der Waals surface area (Å²) in [6.07, 6.45) is 0.205. The number of benzene rings is 1. The molecule has 2 aromatic rings. The van der Waals surface area contributed by atoms with E-state index in [0.717, 1.165) is 22.0 Å². The maximum atomic E-state index is 12.2. The fraction of sp³-hybridized carbons (Fsp3) is 0.333. The molecule has 1 fully saturated rings. The van der Waals surface area contributed by atoms with Crippen molar-refractivity contribution in [1.82, 2.24) is 4.98 Å². The van der Waals surface area contributed by atoms with Crippen LogP contribution < -0.4 is 10.0 Å². The number of amides is 1. The van der Waals surface area contributed by atoms with Crippen LogP contribution in [0.2, 0.25) is 0 Å². The van der Waals surface area contributed by atoms with E-state index in [4.69, 9.17) is 5.14 Å². The summed E-state index contributed by atoms with van der Waals surface area (Å²) in [6, 6.07) is 7.58. The van der Waals surface area contributed by atoms with Gasteiger partial charge in [-0.2, -0.15) is 0 Å². The molecule has 1 amide bonds. The van der Waals surface area contributed by atoms with Crippen molar-refractivity contribution in [3.05, 3.63) is 34.7 Å². The van der Waals surface area contributed by atoms with E-state index in [2.05, 4.69) is 4.98 Å². The number of thiazole rings is 1. The van der Waals surface area contributed by atoms with Gasteiger partial charge in [0.05, 0.1) is 16.5 Å². The van der Waals surface area contributed by atoms with Crippen LogP contribution in [0.3, 0.4) is 0 Å². The summed E-state index contributed by atoms with van der Waals surface area (Å²) < 4.78 is 22.4. The van der Waals surface area contributed by atoms with Gasteiger partial charge in [0, 0.05) is 35.5 Å². The third kappa shape index (κ3) is 3.77. The van der Waals surface area contributed by atoms with Crippen LogP contribution >= 0.6 is 11.3 Å². The van der Waals surface area contributed by atoms with E-state index in [1.54, 1.807) is 16.2 Å². The van der Waals surface area contributed by atoms with Crippen molar-refractivity contribution < 1.29 is 13.2 Å². The highest BCUT2D eigenvalue weighted by Gasteiger charge is 2.32. The number of carbonyl (C=O) groups is 1. The lowest BCUT2D eigenvalue weighted by molar-refractivity contribution is -0.117. The molecule has 2 N–H and O–H groups in total. The predicted molar refractivity (Wildman–Crippen MR) is 90.7 cm³/mol. The monoisotopic (exact) mass is 351 g/mol. The first-order chi connectivity index (χ1) is 10.8. The Bertz CT molecular complexity index is 845. The molecule has 0 spiro atoms. The van der Waals surface area contributed by atoms with Gasteiger partial charge < -0.3 is 4.90 Å². The van der Waals surface area contributed by atoms with E-state index in [0.29, 0.717) is 6.54 Å². The van der Waals surface area contributed by atoms with Gasteiger partial charge in [-0.15, -0.1) is 11.3 Å². The van der Waals surface area contributed by atoms with Gasteiger partial charge in [-0.3, -0.25) is 4.79 Å². The fourth-order valence-corrected chi connectivity index (χ4v) is 4.30. The van der Waals surface area contributed by atoms with E-state index >= 15 is 0 Å². The predicted octanol–water partition coefficient (Wildman–Crippen LogP) is 1.76. The second-order valence-corrected chi connectivity index (χ2v) is 8.43. The molecule has 1 aliphatic rings. The van der Waals surface area contributed by atoms with Crippen molar-refractivity contribution >= 4 is 33.0 Å². The molecule has 122 valence electrons. The molecule has 0 radical (unpaired) electrons. The molecule has 2 heterocycles. The Balaban J connectivity index is 1.83. The van der Waals surface area contributed by atoms with Crippen LogP contribution in [0.25, 0.3) is 11.3 Å². The molecule has 1 aliphatic heterocycles. The number of hydrogen-bond donors (Lipinski definition) is 1. The van der Waals surface area contributed by atoms with Gasteiger partial charge in [0.2, 0.25) is 15.9 Å². The summed E-state index contributed by atoms with van der Waals surface area (Å²) in [5.41, 5.74) is 2.58. The van der Waals surface area contributed by atoms with Crippen molar-refractivity contribution in [3.8, 4) is 11.3 Å². The lowest BCUT2D eigenvalue weighted by Crippen LogP contribution is -2.27. The Morgan fingerprint density at radius 3 is 2.87 bits per heavy atom. The molecule has 1 saturated heterocycles. The van der Waals surface area contributed by atoms with Gasteiger partial charge in [0.25, 0.3) is 0 Å². The van der Waals surface area contributed by atoms with Crippen molar-refractivity contribution in [2.75, 3.05) is 17.2 Å². The Kier molecular flexibility index (Phi) is 4.22.